The van der Waals surface area contributed by atoms with E-state index < -0.39 is 6.10 Å². The second-order valence-corrected chi connectivity index (χ2v) is 5.56. The largest absolute Gasteiger partial charge is 0.493 e. The molecule has 2 heterocycles. The molecule has 2 aliphatic heterocycles. The Balaban J connectivity index is 1.79. The summed E-state index contributed by atoms with van der Waals surface area (Å²) >= 11 is 0. The number of ether oxygens (including phenoxy) is 1. The van der Waals surface area contributed by atoms with Gasteiger partial charge in [0.1, 0.15) is 5.75 Å². The molecule has 0 aromatic heterocycles. The fourth-order valence-corrected chi connectivity index (χ4v) is 3.21. The van der Waals surface area contributed by atoms with Crippen LogP contribution in [0.5, 0.6) is 5.75 Å². The summed E-state index contributed by atoms with van der Waals surface area (Å²) in [7, 11) is 0. The maximum Gasteiger partial charge on any atom is 0.125 e. The molecule has 1 aromatic rings. The normalized spacial score (nSPS) is 35.7. The number of aliphatic hydroxyl groups excluding tert-OH is 1. The predicted molar refractivity (Wildman–Crippen MR) is 70.6 cm³/mol. The molecule has 0 radical (unpaired) electrons. The van der Waals surface area contributed by atoms with Crippen LogP contribution in [-0.2, 0) is 0 Å². The zero-order valence-corrected chi connectivity index (χ0v) is 10.8. The summed E-state index contributed by atoms with van der Waals surface area (Å²) in [5.74, 6) is 1.01. The Kier molecular flexibility index (Phi) is 3.27. The highest BCUT2D eigenvalue weighted by Gasteiger charge is 2.36. The molecule has 0 bridgehead atoms. The minimum absolute atomic E-state index is 0.169. The lowest BCUT2D eigenvalue weighted by atomic mass is 9.82. The highest BCUT2D eigenvalue weighted by molar-refractivity contribution is 5.37. The van der Waals surface area contributed by atoms with Crippen molar-refractivity contribution in [2.75, 3.05) is 6.61 Å². The third-order valence-electron chi connectivity index (χ3n) is 4.24. The van der Waals surface area contributed by atoms with Crippen molar-refractivity contribution >= 4 is 0 Å². The molecule has 4 unspecified atom stereocenters. The van der Waals surface area contributed by atoms with Crippen molar-refractivity contribution in [3.8, 4) is 5.75 Å². The second kappa shape index (κ2) is 4.90. The van der Waals surface area contributed by atoms with Gasteiger partial charge in [0.15, 0.2) is 0 Å². The molecule has 0 aliphatic carbocycles. The first kappa shape index (κ1) is 12.0. The number of rotatable bonds is 1. The van der Waals surface area contributed by atoms with Gasteiger partial charge < -0.3 is 15.2 Å². The summed E-state index contributed by atoms with van der Waals surface area (Å²) in [5.41, 5.74) is 0.939. The molecule has 3 nitrogen and oxygen atoms in total. The van der Waals surface area contributed by atoms with E-state index in [1.54, 1.807) is 0 Å². The molecule has 2 N–H and O–H groups in total. The van der Waals surface area contributed by atoms with E-state index in [0.29, 0.717) is 18.7 Å². The number of para-hydroxylation sites is 1. The van der Waals surface area contributed by atoms with Gasteiger partial charge in [0.25, 0.3) is 0 Å². The zero-order chi connectivity index (χ0) is 12.5. The van der Waals surface area contributed by atoms with E-state index in [4.69, 9.17) is 4.74 Å². The lowest BCUT2D eigenvalue weighted by Gasteiger charge is -2.39. The monoisotopic (exact) mass is 247 g/mol. The van der Waals surface area contributed by atoms with E-state index in [2.05, 4.69) is 12.2 Å². The maximum atomic E-state index is 10.5. The summed E-state index contributed by atoms with van der Waals surface area (Å²) in [6.07, 6.45) is 3.20. The molecule has 2 aliphatic rings. The number of hydrogen-bond donors (Lipinski definition) is 2. The van der Waals surface area contributed by atoms with Gasteiger partial charge in [-0.1, -0.05) is 24.6 Å². The Morgan fingerprint density at radius 2 is 2.11 bits per heavy atom. The highest BCUT2D eigenvalue weighted by atomic mass is 16.5. The second-order valence-electron chi connectivity index (χ2n) is 5.56. The SMILES string of the molecule is CC1CCCC(C2COc3ccccc3C2O)N1. The van der Waals surface area contributed by atoms with E-state index in [-0.39, 0.29) is 5.92 Å². The van der Waals surface area contributed by atoms with Crippen LogP contribution < -0.4 is 10.1 Å². The Morgan fingerprint density at radius 3 is 2.94 bits per heavy atom. The van der Waals surface area contributed by atoms with Gasteiger partial charge in [-0.15, -0.1) is 0 Å². The maximum absolute atomic E-state index is 10.5. The molecule has 0 saturated carbocycles. The molecule has 1 aromatic carbocycles. The lowest BCUT2D eigenvalue weighted by molar-refractivity contribution is 0.0200. The first-order valence-corrected chi connectivity index (χ1v) is 6.91. The van der Waals surface area contributed by atoms with Crippen LogP contribution >= 0.6 is 0 Å². The van der Waals surface area contributed by atoms with E-state index in [0.717, 1.165) is 17.7 Å². The number of fused-ring (bicyclic) bond motifs is 1. The zero-order valence-electron chi connectivity index (χ0n) is 10.8. The van der Waals surface area contributed by atoms with E-state index >= 15 is 0 Å². The Morgan fingerprint density at radius 1 is 1.28 bits per heavy atom. The molecule has 1 saturated heterocycles. The summed E-state index contributed by atoms with van der Waals surface area (Å²) in [4.78, 5) is 0. The fourth-order valence-electron chi connectivity index (χ4n) is 3.21. The topological polar surface area (TPSA) is 41.5 Å². The van der Waals surface area contributed by atoms with Crippen molar-refractivity contribution in [3.05, 3.63) is 29.8 Å². The number of hydrogen-bond acceptors (Lipinski definition) is 3. The average Bonchev–Trinajstić information content (AvgIpc) is 2.39. The Hall–Kier alpha value is -1.06. The molecule has 0 spiro atoms. The van der Waals surface area contributed by atoms with Crippen molar-refractivity contribution in [1.29, 1.82) is 0 Å². The van der Waals surface area contributed by atoms with Gasteiger partial charge in [-0.2, -0.15) is 0 Å². The Bertz CT molecular complexity index is 421. The molecule has 18 heavy (non-hydrogen) atoms. The first-order chi connectivity index (χ1) is 8.75. The molecule has 3 rings (SSSR count). The van der Waals surface area contributed by atoms with Gasteiger partial charge in [0.2, 0.25) is 0 Å². The number of piperidine rings is 1. The van der Waals surface area contributed by atoms with Crippen LogP contribution in [0.15, 0.2) is 24.3 Å². The Labute approximate surface area is 108 Å². The summed E-state index contributed by atoms with van der Waals surface area (Å²) in [5, 5.41) is 14.1. The van der Waals surface area contributed by atoms with Crippen LogP contribution in [0.3, 0.4) is 0 Å². The van der Waals surface area contributed by atoms with Crippen molar-refractivity contribution in [2.45, 2.75) is 44.4 Å². The van der Waals surface area contributed by atoms with Crippen molar-refractivity contribution in [2.24, 2.45) is 5.92 Å². The van der Waals surface area contributed by atoms with Gasteiger partial charge in [0.05, 0.1) is 12.7 Å². The fraction of sp³-hybridized carbons (Fsp3) is 0.600. The van der Waals surface area contributed by atoms with Crippen molar-refractivity contribution in [3.63, 3.8) is 0 Å². The van der Waals surface area contributed by atoms with Crippen LogP contribution in [0.4, 0.5) is 0 Å². The van der Waals surface area contributed by atoms with Crippen LogP contribution in [-0.4, -0.2) is 23.8 Å². The standard InChI is InChI=1S/C15H21NO2/c1-10-5-4-7-13(16-10)12-9-18-14-8-3-2-6-11(14)15(12)17/h2-3,6,8,10,12-13,15-17H,4-5,7,9H2,1H3. The molecular weight excluding hydrogens is 226 g/mol. The van der Waals surface area contributed by atoms with Gasteiger partial charge in [-0.3, -0.25) is 0 Å². The summed E-state index contributed by atoms with van der Waals surface area (Å²) in [6.45, 7) is 2.83. The number of benzene rings is 1. The van der Waals surface area contributed by atoms with Crippen LogP contribution in [0.2, 0.25) is 0 Å². The number of aliphatic hydroxyl groups is 1. The molecule has 1 fully saturated rings. The molecule has 0 amide bonds. The average molecular weight is 247 g/mol. The van der Waals surface area contributed by atoms with E-state index in [9.17, 15) is 5.11 Å². The first-order valence-electron chi connectivity index (χ1n) is 6.91. The molecular formula is C15H21NO2. The van der Waals surface area contributed by atoms with Crippen LogP contribution in [0, 0.1) is 5.92 Å². The van der Waals surface area contributed by atoms with E-state index in [1.807, 2.05) is 24.3 Å². The number of nitrogens with one attached hydrogen (secondary N) is 1. The smallest absolute Gasteiger partial charge is 0.125 e. The van der Waals surface area contributed by atoms with Gasteiger partial charge in [-0.25, -0.2) is 0 Å². The lowest BCUT2D eigenvalue weighted by Crippen LogP contribution is -2.49. The summed E-state index contributed by atoms with van der Waals surface area (Å²) < 4.78 is 5.79. The highest BCUT2D eigenvalue weighted by Crippen LogP contribution is 2.38. The molecule has 98 valence electrons. The third-order valence-corrected chi connectivity index (χ3v) is 4.24. The molecule has 4 atom stereocenters. The van der Waals surface area contributed by atoms with Gasteiger partial charge >= 0.3 is 0 Å². The van der Waals surface area contributed by atoms with Gasteiger partial charge in [0, 0.05) is 23.6 Å². The minimum atomic E-state index is -0.405. The molecule has 3 heteroatoms. The van der Waals surface area contributed by atoms with Crippen LogP contribution in [0.1, 0.15) is 37.9 Å². The van der Waals surface area contributed by atoms with Crippen molar-refractivity contribution in [1.82, 2.24) is 5.32 Å². The van der Waals surface area contributed by atoms with Crippen molar-refractivity contribution < 1.29 is 9.84 Å². The minimum Gasteiger partial charge on any atom is -0.493 e. The van der Waals surface area contributed by atoms with Gasteiger partial charge in [-0.05, 0) is 25.8 Å². The van der Waals surface area contributed by atoms with Crippen LogP contribution in [0.25, 0.3) is 0 Å². The predicted octanol–water partition coefficient (Wildman–Crippen LogP) is 2.26. The quantitative estimate of drug-likeness (QED) is 0.800. The third kappa shape index (κ3) is 2.13. The summed E-state index contributed by atoms with van der Waals surface area (Å²) in [6, 6.07) is 8.74. The van der Waals surface area contributed by atoms with E-state index in [1.165, 1.54) is 12.8 Å².